The number of fused-ring (bicyclic) bond motifs is 1. The molecule has 0 spiro atoms. The van der Waals surface area contributed by atoms with Crippen LogP contribution in [0.25, 0.3) is 16.2 Å². The molecule has 3 heterocycles. The lowest BCUT2D eigenvalue weighted by molar-refractivity contribution is 0.0748. The van der Waals surface area contributed by atoms with Gasteiger partial charge in [0.05, 0.1) is 32.2 Å². The molecule has 0 aliphatic rings. The number of carbonyl (C=O) groups is 1. The van der Waals surface area contributed by atoms with Gasteiger partial charge in [-0.3, -0.25) is 9.20 Å². The number of carbonyl (C=O) groups excluding carboxylic acids is 1. The van der Waals surface area contributed by atoms with E-state index in [0.717, 1.165) is 0 Å². The average Bonchev–Trinajstić information content (AvgIpc) is 3.44. The van der Waals surface area contributed by atoms with Gasteiger partial charge in [-0.15, -0.1) is 17.8 Å². The van der Waals surface area contributed by atoms with E-state index in [1.807, 2.05) is 0 Å². The minimum Gasteiger partial charge on any atom is -0.494 e. The number of rotatable bonds is 6. The predicted octanol–water partition coefficient (Wildman–Crippen LogP) is 4.08. The van der Waals surface area contributed by atoms with Gasteiger partial charge in [0.15, 0.2) is 16.5 Å². The van der Waals surface area contributed by atoms with Gasteiger partial charge in [-0.25, -0.2) is 9.37 Å². The van der Waals surface area contributed by atoms with Crippen molar-refractivity contribution in [1.82, 2.24) is 14.3 Å². The van der Waals surface area contributed by atoms with Crippen LogP contribution >= 0.6 is 11.3 Å². The number of terminal acetylenes is 1. The Balaban J connectivity index is 1.66. The first kappa shape index (κ1) is 18.8. The SMILES string of the molecule is C#CCN(Cc1ccco1)C(=O)c1csc2nc(-c3ccc(OC)c(F)c3)cn12. The third-order valence-corrected chi connectivity index (χ3v) is 5.21. The van der Waals surface area contributed by atoms with E-state index in [-0.39, 0.29) is 24.7 Å². The van der Waals surface area contributed by atoms with E-state index in [1.165, 1.54) is 29.4 Å². The van der Waals surface area contributed by atoms with Crippen LogP contribution in [0.15, 0.2) is 52.6 Å². The number of hydrogen-bond acceptors (Lipinski definition) is 5. The first-order valence-corrected chi connectivity index (χ1v) is 9.54. The van der Waals surface area contributed by atoms with Crippen LogP contribution in [0.1, 0.15) is 16.2 Å². The summed E-state index contributed by atoms with van der Waals surface area (Å²) in [6.07, 6.45) is 8.70. The number of halogens is 1. The predicted molar refractivity (Wildman–Crippen MR) is 107 cm³/mol. The number of imidazole rings is 1. The highest BCUT2D eigenvalue weighted by molar-refractivity contribution is 7.15. The maximum Gasteiger partial charge on any atom is 0.272 e. The van der Waals surface area contributed by atoms with Crippen molar-refractivity contribution in [2.24, 2.45) is 0 Å². The highest BCUT2D eigenvalue weighted by Gasteiger charge is 2.22. The molecule has 1 amide bonds. The van der Waals surface area contributed by atoms with E-state index in [4.69, 9.17) is 15.6 Å². The lowest BCUT2D eigenvalue weighted by Crippen LogP contribution is -2.31. The summed E-state index contributed by atoms with van der Waals surface area (Å²) in [6.45, 7) is 0.404. The molecule has 0 bridgehead atoms. The van der Waals surface area contributed by atoms with Crippen molar-refractivity contribution in [3.63, 3.8) is 0 Å². The number of methoxy groups -OCH3 is 1. The third kappa shape index (κ3) is 3.60. The Kier molecular flexibility index (Phi) is 5.06. The van der Waals surface area contributed by atoms with Crippen LogP contribution in [0, 0.1) is 18.2 Å². The fourth-order valence-electron chi connectivity index (χ4n) is 2.96. The second-order valence-corrected chi connectivity index (χ2v) is 7.03. The molecule has 1 aromatic carbocycles. The Hall–Kier alpha value is -3.57. The topological polar surface area (TPSA) is 60.0 Å². The Labute approximate surface area is 170 Å². The lowest BCUT2D eigenvalue weighted by Gasteiger charge is -2.18. The molecule has 0 unspecified atom stereocenters. The Morgan fingerprint density at radius 2 is 2.31 bits per heavy atom. The quantitative estimate of drug-likeness (QED) is 0.450. The molecule has 0 N–H and O–H groups in total. The molecule has 4 aromatic rings. The van der Waals surface area contributed by atoms with E-state index < -0.39 is 5.82 Å². The Bertz CT molecular complexity index is 1200. The number of amides is 1. The summed E-state index contributed by atoms with van der Waals surface area (Å²) in [5, 5.41) is 1.73. The largest absolute Gasteiger partial charge is 0.494 e. The summed E-state index contributed by atoms with van der Waals surface area (Å²) in [7, 11) is 1.41. The van der Waals surface area contributed by atoms with Crippen molar-refractivity contribution < 1.29 is 18.3 Å². The fraction of sp³-hybridized carbons (Fsp3) is 0.143. The molecule has 0 fully saturated rings. The second-order valence-electron chi connectivity index (χ2n) is 6.19. The van der Waals surface area contributed by atoms with Crippen LogP contribution in [-0.2, 0) is 6.54 Å². The van der Waals surface area contributed by atoms with Crippen LogP contribution in [0.5, 0.6) is 5.75 Å². The second kappa shape index (κ2) is 7.81. The molecule has 8 heteroatoms. The molecule has 4 rings (SSSR count). The minimum absolute atomic E-state index is 0.141. The molecule has 146 valence electrons. The molecule has 0 saturated carbocycles. The number of hydrogen-bond donors (Lipinski definition) is 0. The van der Waals surface area contributed by atoms with Crippen molar-refractivity contribution in [3.8, 4) is 29.4 Å². The number of aromatic nitrogens is 2. The smallest absolute Gasteiger partial charge is 0.272 e. The molecular weight excluding hydrogens is 393 g/mol. The van der Waals surface area contributed by atoms with Gasteiger partial charge in [-0.2, -0.15) is 0 Å². The van der Waals surface area contributed by atoms with E-state index in [1.54, 1.807) is 46.5 Å². The van der Waals surface area contributed by atoms with E-state index in [9.17, 15) is 9.18 Å². The van der Waals surface area contributed by atoms with Crippen LogP contribution in [0.2, 0.25) is 0 Å². The number of benzene rings is 1. The Morgan fingerprint density at radius 1 is 1.45 bits per heavy atom. The molecule has 6 nitrogen and oxygen atoms in total. The maximum atomic E-state index is 14.1. The number of nitrogens with zero attached hydrogens (tertiary/aromatic N) is 3. The van der Waals surface area contributed by atoms with Gasteiger partial charge in [0.1, 0.15) is 11.5 Å². The zero-order valence-corrected chi connectivity index (χ0v) is 16.3. The van der Waals surface area contributed by atoms with E-state index >= 15 is 0 Å². The van der Waals surface area contributed by atoms with Gasteiger partial charge in [0.2, 0.25) is 0 Å². The first-order valence-electron chi connectivity index (χ1n) is 8.66. The summed E-state index contributed by atoms with van der Waals surface area (Å²) in [5.74, 6) is 2.59. The standard InChI is InChI=1S/C21H16FN3O3S/c1-3-8-24(11-15-5-4-9-28-15)20(26)18-13-29-21-23-17(12-25(18)21)14-6-7-19(27-2)16(22)10-14/h1,4-7,9-10,12-13H,8,11H2,2H3. The molecule has 3 aromatic heterocycles. The molecular formula is C21H16FN3O3S. The van der Waals surface area contributed by atoms with Crippen molar-refractivity contribution >= 4 is 22.2 Å². The van der Waals surface area contributed by atoms with Crippen molar-refractivity contribution in [2.75, 3.05) is 13.7 Å². The van der Waals surface area contributed by atoms with E-state index in [2.05, 4.69) is 10.9 Å². The zero-order valence-electron chi connectivity index (χ0n) is 15.5. The van der Waals surface area contributed by atoms with Gasteiger partial charge in [0, 0.05) is 17.1 Å². The van der Waals surface area contributed by atoms with Crippen molar-refractivity contribution in [2.45, 2.75) is 6.54 Å². The molecule has 0 radical (unpaired) electrons. The number of ether oxygens (including phenoxy) is 1. The lowest BCUT2D eigenvalue weighted by atomic mass is 10.1. The molecule has 29 heavy (non-hydrogen) atoms. The van der Waals surface area contributed by atoms with Gasteiger partial charge >= 0.3 is 0 Å². The van der Waals surface area contributed by atoms with Crippen molar-refractivity contribution in [3.05, 3.63) is 65.4 Å². The molecule has 0 aliphatic carbocycles. The van der Waals surface area contributed by atoms with Crippen LogP contribution in [0.3, 0.4) is 0 Å². The third-order valence-electron chi connectivity index (χ3n) is 4.37. The minimum atomic E-state index is -0.476. The molecule has 0 aliphatic heterocycles. The molecule has 0 saturated heterocycles. The van der Waals surface area contributed by atoms with Crippen LogP contribution in [0.4, 0.5) is 4.39 Å². The van der Waals surface area contributed by atoms with Crippen LogP contribution in [-0.4, -0.2) is 33.8 Å². The Morgan fingerprint density at radius 3 is 3.00 bits per heavy atom. The zero-order chi connectivity index (χ0) is 20.4. The average molecular weight is 409 g/mol. The van der Waals surface area contributed by atoms with Crippen molar-refractivity contribution in [1.29, 1.82) is 0 Å². The number of furan rings is 1. The molecule has 0 atom stereocenters. The highest BCUT2D eigenvalue weighted by Crippen LogP contribution is 2.28. The van der Waals surface area contributed by atoms with Crippen LogP contribution < -0.4 is 4.74 Å². The summed E-state index contributed by atoms with van der Waals surface area (Å²) in [4.78, 5) is 19.7. The number of thiazole rings is 1. The van der Waals surface area contributed by atoms with Gasteiger partial charge in [0.25, 0.3) is 5.91 Å². The van der Waals surface area contributed by atoms with Gasteiger partial charge < -0.3 is 14.1 Å². The summed E-state index contributed by atoms with van der Waals surface area (Å²) in [6, 6.07) is 8.16. The fourth-order valence-corrected chi connectivity index (χ4v) is 3.81. The highest BCUT2D eigenvalue weighted by atomic mass is 32.1. The summed E-state index contributed by atoms with van der Waals surface area (Å²) in [5.41, 5.74) is 1.58. The summed E-state index contributed by atoms with van der Waals surface area (Å²) >= 11 is 1.32. The first-order chi connectivity index (χ1) is 14.1. The monoisotopic (exact) mass is 409 g/mol. The maximum absolute atomic E-state index is 14.1. The van der Waals surface area contributed by atoms with Gasteiger partial charge in [-0.05, 0) is 30.3 Å². The summed E-state index contributed by atoms with van der Waals surface area (Å²) < 4.78 is 26.0. The normalized spacial score (nSPS) is 10.8. The van der Waals surface area contributed by atoms with Gasteiger partial charge in [-0.1, -0.05) is 5.92 Å². The van der Waals surface area contributed by atoms with E-state index in [0.29, 0.717) is 27.7 Å².